The van der Waals surface area contributed by atoms with Crippen LogP contribution in [0.1, 0.15) is 21.9 Å². The molecule has 1 amide bonds. The molecule has 0 aliphatic carbocycles. The molecule has 0 radical (unpaired) electrons. The predicted octanol–water partition coefficient (Wildman–Crippen LogP) is 0.492. The molecular weight excluding hydrogens is 264 g/mol. The molecule has 0 saturated heterocycles. The van der Waals surface area contributed by atoms with Gasteiger partial charge in [-0.1, -0.05) is 11.2 Å². The van der Waals surface area contributed by atoms with Gasteiger partial charge in [-0.05, 0) is 12.1 Å². The van der Waals surface area contributed by atoms with E-state index >= 15 is 0 Å². The molecule has 0 saturated carbocycles. The smallest absolute Gasteiger partial charge is 0.328 e. The highest BCUT2D eigenvalue weighted by Crippen LogP contribution is 2.08. The number of nitrogens with zero attached hydrogens (tertiary/aromatic N) is 3. The number of hydrogen-bond donors (Lipinski definition) is 2. The van der Waals surface area contributed by atoms with Gasteiger partial charge in [0.15, 0.2) is 5.82 Å². The Morgan fingerprint density at radius 2 is 2.25 bits per heavy atom. The second-order valence-corrected chi connectivity index (χ2v) is 3.64. The molecule has 2 aromatic rings. The number of amides is 1. The van der Waals surface area contributed by atoms with Crippen LogP contribution >= 0.6 is 0 Å². The van der Waals surface area contributed by atoms with E-state index < -0.39 is 11.9 Å². The molecular formula is C12H10N4O4. The van der Waals surface area contributed by atoms with Crippen molar-refractivity contribution in [3.63, 3.8) is 0 Å². The zero-order valence-electron chi connectivity index (χ0n) is 10.2. The SMILES string of the molecule is O=C(O)/C=C/c1cccnc1C(=O)NCc1ncon1. The van der Waals surface area contributed by atoms with Crippen molar-refractivity contribution in [3.05, 3.63) is 47.9 Å². The third-order valence-corrected chi connectivity index (χ3v) is 2.27. The first-order valence-corrected chi connectivity index (χ1v) is 5.56. The first-order valence-electron chi connectivity index (χ1n) is 5.56. The van der Waals surface area contributed by atoms with Gasteiger partial charge >= 0.3 is 5.97 Å². The standard InChI is InChI=1S/C12H10N4O4/c17-10(18)4-3-8-2-1-5-13-11(8)12(19)14-6-9-15-7-20-16-9/h1-5,7H,6H2,(H,14,19)(H,17,18)/b4-3+. The van der Waals surface area contributed by atoms with Crippen molar-refractivity contribution in [1.29, 1.82) is 0 Å². The zero-order valence-corrected chi connectivity index (χ0v) is 10.2. The number of hydrogen-bond acceptors (Lipinski definition) is 6. The maximum Gasteiger partial charge on any atom is 0.328 e. The number of carbonyl (C=O) groups excluding carboxylic acids is 1. The fourth-order valence-corrected chi connectivity index (χ4v) is 1.42. The maximum atomic E-state index is 12.0. The molecule has 0 atom stereocenters. The van der Waals surface area contributed by atoms with Crippen molar-refractivity contribution in [2.24, 2.45) is 0 Å². The second kappa shape index (κ2) is 6.23. The van der Waals surface area contributed by atoms with E-state index in [1.165, 1.54) is 12.3 Å². The third kappa shape index (κ3) is 3.48. The van der Waals surface area contributed by atoms with Crippen molar-refractivity contribution in [2.75, 3.05) is 0 Å². The van der Waals surface area contributed by atoms with Crippen LogP contribution in [-0.4, -0.2) is 32.1 Å². The van der Waals surface area contributed by atoms with Crippen molar-refractivity contribution in [3.8, 4) is 0 Å². The number of nitrogens with one attached hydrogen (secondary N) is 1. The van der Waals surface area contributed by atoms with Gasteiger partial charge in [-0.25, -0.2) is 4.79 Å². The predicted molar refractivity (Wildman–Crippen MR) is 66.4 cm³/mol. The lowest BCUT2D eigenvalue weighted by Gasteiger charge is -2.04. The van der Waals surface area contributed by atoms with Crippen LogP contribution in [0.2, 0.25) is 0 Å². The molecule has 2 N–H and O–H groups in total. The fourth-order valence-electron chi connectivity index (χ4n) is 1.42. The molecule has 8 heteroatoms. The van der Waals surface area contributed by atoms with Crippen LogP contribution in [0.4, 0.5) is 0 Å². The lowest BCUT2D eigenvalue weighted by Crippen LogP contribution is -2.25. The fraction of sp³-hybridized carbons (Fsp3) is 0.0833. The topological polar surface area (TPSA) is 118 Å². The van der Waals surface area contributed by atoms with Crippen LogP contribution in [0, 0.1) is 0 Å². The number of carboxylic acid groups (broad SMARTS) is 1. The van der Waals surface area contributed by atoms with Gasteiger partial charge < -0.3 is 14.9 Å². The normalized spacial score (nSPS) is 10.6. The van der Waals surface area contributed by atoms with Crippen molar-refractivity contribution >= 4 is 18.0 Å². The van der Waals surface area contributed by atoms with E-state index in [0.717, 1.165) is 12.5 Å². The lowest BCUT2D eigenvalue weighted by atomic mass is 10.1. The Bertz CT molecular complexity index is 637. The van der Waals surface area contributed by atoms with Gasteiger partial charge in [0.1, 0.15) is 5.69 Å². The highest BCUT2D eigenvalue weighted by molar-refractivity contribution is 5.97. The van der Waals surface area contributed by atoms with Gasteiger partial charge in [0.2, 0.25) is 6.39 Å². The summed E-state index contributed by atoms with van der Waals surface area (Å²) in [4.78, 5) is 30.2. The highest BCUT2D eigenvalue weighted by atomic mass is 16.5. The molecule has 0 spiro atoms. The van der Waals surface area contributed by atoms with E-state index in [4.69, 9.17) is 5.11 Å². The van der Waals surface area contributed by atoms with Crippen molar-refractivity contribution < 1.29 is 19.2 Å². The Morgan fingerprint density at radius 1 is 1.40 bits per heavy atom. The van der Waals surface area contributed by atoms with Gasteiger partial charge in [-0.3, -0.25) is 9.78 Å². The van der Waals surface area contributed by atoms with E-state index in [1.54, 1.807) is 12.1 Å². The number of rotatable bonds is 5. The van der Waals surface area contributed by atoms with Crippen molar-refractivity contribution in [1.82, 2.24) is 20.4 Å². The molecule has 8 nitrogen and oxygen atoms in total. The molecule has 0 aliphatic rings. The number of pyridine rings is 1. The summed E-state index contributed by atoms with van der Waals surface area (Å²) >= 11 is 0. The highest BCUT2D eigenvalue weighted by Gasteiger charge is 2.11. The Labute approximate surface area is 113 Å². The van der Waals surface area contributed by atoms with Gasteiger partial charge in [0.25, 0.3) is 5.91 Å². The van der Waals surface area contributed by atoms with E-state index in [1.807, 2.05) is 0 Å². The number of aliphatic carboxylic acids is 1. The first kappa shape index (κ1) is 13.4. The monoisotopic (exact) mass is 274 g/mol. The third-order valence-electron chi connectivity index (χ3n) is 2.27. The summed E-state index contributed by atoms with van der Waals surface area (Å²) < 4.78 is 4.54. The summed E-state index contributed by atoms with van der Waals surface area (Å²) in [5.41, 5.74) is 0.522. The van der Waals surface area contributed by atoms with E-state index in [2.05, 4.69) is 25.0 Å². The Kier molecular flexibility index (Phi) is 4.17. The Hall–Kier alpha value is -3.03. The molecule has 102 valence electrons. The number of carboxylic acids is 1. The van der Waals surface area contributed by atoms with Crippen LogP contribution in [0.25, 0.3) is 6.08 Å². The van der Waals surface area contributed by atoms with Gasteiger partial charge in [0, 0.05) is 17.8 Å². The summed E-state index contributed by atoms with van der Waals surface area (Å²) in [6.45, 7) is 0.0913. The number of carbonyl (C=O) groups is 2. The molecule has 2 aromatic heterocycles. The minimum atomic E-state index is -1.10. The quantitative estimate of drug-likeness (QED) is 0.761. The van der Waals surface area contributed by atoms with Crippen LogP contribution < -0.4 is 5.32 Å². The molecule has 0 aliphatic heterocycles. The molecule has 0 fully saturated rings. The summed E-state index contributed by atoms with van der Waals surface area (Å²) in [6.07, 6.45) is 4.84. The summed E-state index contributed by atoms with van der Waals surface area (Å²) in [5, 5.41) is 14.7. The molecule has 2 heterocycles. The van der Waals surface area contributed by atoms with Crippen LogP contribution in [-0.2, 0) is 11.3 Å². The average molecular weight is 274 g/mol. The van der Waals surface area contributed by atoms with Gasteiger partial charge in [-0.2, -0.15) is 4.98 Å². The van der Waals surface area contributed by atoms with E-state index in [-0.39, 0.29) is 12.2 Å². The Morgan fingerprint density at radius 3 is 2.95 bits per heavy atom. The van der Waals surface area contributed by atoms with Crippen LogP contribution in [0.3, 0.4) is 0 Å². The molecule has 20 heavy (non-hydrogen) atoms. The van der Waals surface area contributed by atoms with E-state index in [0.29, 0.717) is 11.4 Å². The maximum absolute atomic E-state index is 12.0. The van der Waals surface area contributed by atoms with Gasteiger partial charge in [-0.15, -0.1) is 0 Å². The largest absolute Gasteiger partial charge is 0.478 e. The average Bonchev–Trinajstić information content (AvgIpc) is 2.96. The molecule has 0 bridgehead atoms. The zero-order chi connectivity index (χ0) is 14.4. The van der Waals surface area contributed by atoms with Crippen LogP contribution in [0.15, 0.2) is 35.3 Å². The summed E-state index contributed by atoms with van der Waals surface area (Å²) in [7, 11) is 0. The summed E-state index contributed by atoms with van der Waals surface area (Å²) in [6, 6.07) is 3.20. The first-order chi connectivity index (χ1) is 9.66. The molecule has 0 unspecified atom stereocenters. The van der Waals surface area contributed by atoms with Crippen LogP contribution in [0.5, 0.6) is 0 Å². The van der Waals surface area contributed by atoms with E-state index in [9.17, 15) is 9.59 Å². The minimum Gasteiger partial charge on any atom is -0.478 e. The Balaban J connectivity index is 2.11. The van der Waals surface area contributed by atoms with Gasteiger partial charge in [0.05, 0.1) is 6.54 Å². The molecule has 2 rings (SSSR count). The summed E-state index contributed by atoms with van der Waals surface area (Å²) in [5.74, 6) is -1.23. The second-order valence-electron chi connectivity index (χ2n) is 3.64. The minimum absolute atomic E-state index is 0.0913. The number of aromatic nitrogens is 3. The lowest BCUT2D eigenvalue weighted by molar-refractivity contribution is -0.131. The molecule has 0 aromatic carbocycles. The van der Waals surface area contributed by atoms with Crippen molar-refractivity contribution in [2.45, 2.75) is 6.54 Å².